The van der Waals surface area contributed by atoms with Crippen LogP contribution in [0.2, 0.25) is 0 Å². The predicted octanol–water partition coefficient (Wildman–Crippen LogP) is 14.7. The van der Waals surface area contributed by atoms with Gasteiger partial charge in [0, 0.05) is 141 Å². The van der Waals surface area contributed by atoms with Gasteiger partial charge >= 0.3 is 6.18 Å². The van der Waals surface area contributed by atoms with Crippen LogP contribution < -0.4 is 14.7 Å². The Morgan fingerprint density at radius 1 is 0.490 bits per heavy atom. The van der Waals surface area contributed by atoms with E-state index >= 15 is 0 Å². The number of fused-ring (bicyclic) bond motifs is 4. The Morgan fingerprint density at radius 3 is 1.40 bits per heavy atom. The number of pyridine rings is 1. The lowest BCUT2D eigenvalue weighted by Gasteiger charge is -2.35. The molecule has 17 rings (SSSR count). The first kappa shape index (κ1) is 69.5. The molecule has 6 aliphatic rings. The fraction of sp³-hybridized carbons (Fsp3) is 0.456. The van der Waals surface area contributed by atoms with Gasteiger partial charge in [0.1, 0.15) is 28.8 Å². The number of aromatic nitrogens is 13. The van der Waals surface area contributed by atoms with Crippen LogP contribution in [0.4, 0.5) is 30.6 Å². The number of piperidine rings is 3. The average Bonchev–Trinajstić information content (AvgIpc) is 1.68. The standard InChI is InChI=1S/C28H34N6O.C26H30N8O.C25H28F3N5O/c1-17-10-12-32(15-17)27-18(2)16-34-26(30-27)14-24(31-34)25-7-5-6-11-33(25)28(35)21-8-9-23-22(13-21)19(3)20(4)29-23;1-17-9-12-32(15-17)25-18(2)16-34-24(28-25)14-21(31-34)23-8-4-6-11-33(23)26(35)22-13-20(29-30-22)19-7-3-5-10-27-19;1-16-10-12-31(14-16)23-17(2)15-33-22(29-23)13-20(30-33)21-9-5-6-11-32(21)24(34)18-7-3-4-8-19(18)25(26,27)28/h8-9,13-14,16-17,25,29H,5-7,10-12,15H2,1-4H3;3,5,7,10,13-14,16-17,23H,4,6,8-9,11-12,15H2,1-2H3,(H,29,30);3-4,7-8,13,15-16,21H,5-6,9-12,14H2,1-2H3/t17-,25-;17-,23-;16-,21-/m000/s1. The number of carbonyl (C=O) groups is 3. The number of amides is 3. The summed E-state index contributed by atoms with van der Waals surface area (Å²) in [5.74, 6) is 4.49. The van der Waals surface area contributed by atoms with Gasteiger partial charge in [-0.1, -0.05) is 39.0 Å². The summed E-state index contributed by atoms with van der Waals surface area (Å²) in [6.45, 7) is 25.2. The van der Waals surface area contributed by atoms with Crippen molar-refractivity contribution in [2.24, 2.45) is 17.8 Å². The molecular formula is C79H92F3N19O3. The summed E-state index contributed by atoms with van der Waals surface area (Å²) in [5, 5.41) is 22.8. The molecule has 3 amide bonds. The van der Waals surface area contributed by atoms with Crippen molar-refractivity contribution >= 4 is 63.0 Å². The van der Waals surface area contributed by atoms with Crippen LogP contribution in [0.1, 0.15) is 198 Å². The molecule has 0 radical (unpaired) electrons. The number of carbonyl (C=O) groups excluding carboxylic acids is 3. The Hall–Kier alpha value is -10.2. The maximum atomic E-state index is 13.7. The van der Waals surface area contributed by atoms with E-state index in [0.29, 0.717) is 60.0 Å². The fourth-order valence-electron chi connectivity index (χ4n) is 16.4. The number of rotatable bonds is 10. The van der Waals surface area contributed by atoms with E-state index in [0.717, 1.165) is 194 Å². The number of H-pyrrole nitrogens is 2. The molecular weight excluding hydrogens is 1320 g/mol. The van der Waals surface area contributed by atoms with Crippen LogP contribution >= 0.6 is 0 Å². The SMILES string of the molecule is Cc1cn2nc([C@@H]3CCCCN3C(=O)c3cc(-c4ccccn4)n[nH]3)cc2nc1N1CC[C@H](C)C1.Cc1cn2nc([C@@H]3CCCCN3C(=O)c3ccc4[nH]c(C)c(C)c4c3)cc2nc1N1CC[C@H](C)C1.Cc1cn2nc([C@@H]3CCCCN3C(=O)c3ccccc3C(F)(F)F)cc2nc1N1CC[C@H](C)C1. The molecule has 11 aromatic rings. The molecule has 104 heavy (non-hydrogen) atoms. The Bertz CT molecular complexity index is 5000. The van der Waals surface area contributed by atoms with E-state index < -0.39 is 17.6 Å². The summed E-state index contributed by atoms with van der Waals surface area (Å²) in [7, 11) is 0. The van der Waals surface area contributed by atoms with Crippen molar-refractivity contribution in [2.75, 3.05) is 73.6 Å². The van der Waals surface area contributed by atoms with Crippen LogP contribution in [0.3, 0.4) is 0 Å². The molecule has 6 fully saturated rings. The number of halogens is 3. The minimum Gasteiger partial charge on any atom is -0.358 e. The van der Waals surface area contributed by atoms with E-state index in [1.807, 2.05) is 80.5 Å². The first-order valence-electron chi connectivity index (χ1n) is 37.2. The molecule has 2 aromatic carbocycles. The van der Waals surface area contributed by atoms with E-state index in [-0.39, 0.29) is 35.5 Å². The van der Waals surface area contributed by atoms with Gasteiger partial charge < -0.3 is 34.4 Å². The molecule has 6 aliphatic heterocycles. The number of aromatic amines is 2. The number of alkyl halides is 3. The Balaban J connectivity index is 0.000000126. The molecule has 6 atom stereocenters. The van der Waals surface area contributed by atoms with Crippen molar-refractivity contribution in [3.63, 3.8) is 0 Å². The van der Waals surface area contributed by atoms with Crippen LogP contribution in [0, 0.1) is 52.4 Å². The third-order valence-corrected chi connectivity index (χ3v) is 22.1. The fourth-order valence-corrected chi connectivity index (χ4v) is 16.4. The Kier molecular flexibility index (Phi) is 19.2. The van der Waals surface area contributed by atoms with Gasteiger partial charge in [0.15, 0.2) is 16.9 Å². The number of hydrogen-bond acceptors (Lipinski definition) is 14. The van der Waals surface area contributed by atoms with Crippen LogP contribution in [0.25, 0.3) is 39.2 Å². The number of hydrogen-bond donors (Lipinski definition) is 2. The topological polar surface area (TPSA) is 219 Å². The van der Waals surface area contributed by atoms with E-state index in [4.69, 9.17) is 30.2 Å². The smallest absolute Gasteiger partial charge is 0.358 e. The summed E-state index contributed by atoms with van der Waals surface area (Å²) in [4.78, 5) is 75.7. The van der Waals surface area contributed by atoms with Gasteiger partial charge in [-0.25, -0.2) is 28.5 Å². The molecule has 9 aromatic heterocycles. The summed E-state index contributed by atoms with van der Waals surface area (Å²) < 4.78 is 46.2. The van der Waals surface area contributed by atoms with Crippen molar-refractivity contribution in [3.8, 4) is 11.4 Å². The maximum absolute atomic E-state index is 13.7. The normalized spacial score (nSPS) is 21.0. The van der Waals surface area contributed by atoms with Crippen molar-refractivity contribution in [3.05, 3.63) is 177 Å². The number of aryl methyl sites for hydroxylation is 5. The van der Waals surface area contributed by atoms with Gasteiger partial charge in [-0.2, -0.15) is 33.6 Å². The molecule has 542 valence electrons. The minimum absolute atomic E-state index is 0.0294. The number of nitrogens with zero attached hydrogens (tertiary/aromatic N) is 17. The van der Waals surface area contributed by atoms with Crippen molar-refractivity contribution < 1.29 is 27.6 Å². The summed E-state index contributed by atoms with van der Waals surface area (Å²) >= 11 is 0. The zero-order valence-corrected chi connectivity index (χ0v) is 60.7. The zero-order valence-electron chi connectivity index (χ0n) is 60.7. The lowest BCUT2D eigenvalue weighted by Crippen LogP contribution is -2.39. The molecule has 0 saturated carbocycles. The third-order valence-electron chi connectivity index (χ3n) is 22.1. The molecule has 25 heteroatoms. The Morgan fingerprint density at radius 2 is 0.952 bits per heavy atom. The van der Waals surface area contributed by atoms with E-state index in [1.165, 1.54) is 36.6 Å². The average molecular weight is 1410 g/mol. The van der Waals surface area contributed by atoms with Crippen LogP contribution in [-0.4, -0.2) is 155 Å². The molecule has 0 spiro atoms. The van der Waals surface area contributed by atoms with Gasteiger partial charge in [-0.05, 0) is 184 Å². The summed E-state index contributed by atoms with van der Waals surface area (Å²) in [6, 6.07) is 24.0. The van der Waals surface area contributed by atoms with E-state index in [2.05, 4.69) is 102 Å². The van der Waals surface area contributed by atoms with Crippen molar-refractivity contribution in [1.29, 1.82) is 0 Å². The number of likely N-dealkylation sites (tertiary alicyclic amines) is 3. The second kappa shape index (κ2) is 28.8. The molecule has 0 bridgehead atoms. The largest absolute Gasteiger partial charge is 0.417 e. The van der Waals surface area contributed by atoms with Crippen molar-refractivity contribution in [2.45, 2.75) is 157 Å². The predicted molar refractivity (Wildman–Crippen MR) is 395 cm³/mol. The second-order valence-corrected chi connectivity index (χ2v) is 30.0. The van der Waals surface area contributed by atoms with Gasteiger partial charge in [0.25, 0.3) is 17.7 Å². The lowest BCUT2D eigenvalue weighted by molar-refractivity contribution is -0.138. The highest BCUT2D eigenvalue weighted by atomic mass is 19.4. The maximum Gasteiger partial charge on any atom is 0.417 e. The van der Waals surface area contributed by atoms with Gasteiger partial charge in [0.05, 0.1) is 52.0 Å². The third kappa shape index (κ3) is 14.0. The number of benzene rings is 2. The minimum atomic E-state index is -4.59. The van der Waals surface area contributed by atoms with Crippen LogP contribution in [0.5, 0.6) is 0 Å². The van der Waals surface area contributed by atoms with Gasteiger partial charge in [0.2, 0.25) is 0 Å². The molecule has 2 N–H and O–H groups in total. The summed E-state index contributed by atoms with van der Waals surface area (Å²) in [5.41, 5.74) is 13.0. The van der Waals surface area contributed by atoms with Gasteiger partial charge in [-0.15, -0.1) is 0 Å². The second-order valence-electron chi connectivity index (χ2n) is 30.0. The van der Waals surface area contributed by atoms with Crippen LogP contribution in [0.15, 0.2) is 110 Å². The Labute approximate surface area is 603 Å². The highest BCUT2D eigenvalue weighted by Crippen LogP contribution is 2.40. The highest BCUT2D eigenvalue weighted by Gasteiger charge is 2.40. The molecule has 0 aliphatic carbocycles. The quantitative estimate of drug-likeness (QED) is 0.130. The molecule has 0 unspecified atom stereocenters. The highest BCUT2D eigenvalue weighted by molar-refractivity contribution is 5.99. The molecule has 6 saturated heterocycles. The molecule has 15 heterocycles. The van der Waals surface area contributed by atoms with E-state index in [1.54, 1.807) is 21.7 Å². The number of nitrogens with one attached hydrogen (secondary N) is 2. The van der Waals surface area contributed by atoms with Gasteiger partial charge in [-0.3, -0.25) is 24.5 Å². The van der Waals surface area contributed by atoms with Crippen molar-refractivity contribution in [1.82, 2.24) is 78.7 Å². The zero-order chi connectivity index (χ0) is 72.2. The monoisotopic (exact) mass is 1410 g/mol. The molecule has 22 nitrogen and oxygen atoms in total. The first-order valence-corrected chi connectivity index (χ1v) is 37.2. The van der Waals surface area contributed by atoms with E-state index in [9.17, 15) is 27.6 Å². The van der Waals surface area contributed by atoms with Crippen LogP contribution in [-0.2, 0) is 6.18 Å². The number of anilines is 3. The summed E-state index contributed by atoms with van der Waals surface area (Å²) in [6.07, 6.45) is 15.0. The lowest BCUT2D eigenvalue weighted by atomic mass is 9.97. The first-order chi connectivity index (χ1) is 50.2.